The van der Waals surface area contributed by atoms with Crippen molar-refractivity contribution in [3.63, 3.8) is 0 Å². The third-order valence-corrected chi connectivity index (χ3v) is 6.43. The Morgan fingerprint density at radius 3 is 2.18 bits per heavy atom. The highest BCUT2D eigenvalue weighted by molar-refractivity contribution is 7.87. The summed E-state index contributed by atoms with van der Waals surface area (Å²) in [6, 6.07) is 16.4. The number of anilines is 1. The third kappa shape index (κ3) is 4.81. The van der Waals surface area contributed by atoms with Gasteiger partial charge >= 0.3 is 16.1 Å². The summed E-state index contributed by atoms with van der Waals surface area (Å²) in [5.41, 5.74) is -0.137. The van der Waals surface area contributed by atoms with Gasteiger partial charge in [0.2, 0.25) is 0 Å². The lowest BCUT2D eigenvalue weighted by atomic mass is 10.1. The maximum absolute atomic E-state index is 13.1. The average molecular weight is 517 g/mol. The normalized spacial score (nSPS) is 15.4. The Bertz CT molecular complexity index is 1440. The first kappa shape index (κ1) is 23.5. The lowest BCUT2D eigenvalue weighted by Crippen LogP contribution is -2.54. The summed E-state index contributed by atoms with van der Waals surface area (Å²) in [4.78, 5) is 38.5. The maximum Gasteiger partial charge on any atom is 0.339 e. The van der Waals surface area contributed by atoms with Gasteiger partial charge in [0.25, 0.3) is 11.8 Å². The van der Waals surface area contributed by atoms with E-state index in [0.29, 0.717) is 5.02 Å². The highest BCUT2D eigenvalue weighted by atomic mass is 35.5. The second-order valence-electron chi connectivity index (χ2n) is 6.97. The quantitative estimate of drug-likeness (QED) is 0.305. The Morgan fingerprint density at radius 1 is 0.853 bits per heavy atom. The minimum Gasteiger partial charge on any atom is -0.378 e. The van der Waals surface area contributed by atoms with E-state index in [4.69, 9.17) is 27.4 Å². The number of benzene rings is 3. The minimum atomic E-state index is -4.28. The zero-order valence-corrected chi connectivity index (χ0v) is 19.4. The van der Waals surface area contributed by atoms with Crippen LogP contribution in [0.2, 0.25) is 10.0 Å². The number of barbiturate groups is 1. The Morgan fingerprint density at radius 2 is 1.50 bits per heavy atom. The number of halogens is 2. The maximum atomic E-state index is 13.1. The van der Waals surface area contributed by atoms with Gasteiger partial charge in [-0.25, -0.2) is 9.69 Å². The van der Waals surface area contributed by atoms with Crippen LogP contribution in [0.3, 0.4) is 0 Å². The first-order valence-electron chi connectivity index (χ1n) is 9.62. The van der Waals surface area contributed by atoms with Gasteiger partial charge in [-0.1, -0.05) is 41.4 Å². The van der Waals surface area contributed by atoms with E-state index in [0.717, 1.165) is 11.0 Å². The van der Waals surface area contributed by atoms with Crippen molar-refractivity contribution >= 4 is 62.9 Å². The van der Waals surface area contributed by atoms with E-state index in [1.165, 1.54) is 54.6 Å². The van der Waals surface area contributed by atoms with E-state index in [9.17, 15) is 22.8 Å². The van der Waals surface area contributed by atoms with Crippen LogP contribution in [-0.4, -0.2) is 26.3 Å². The Labute approximate surface area is 204 Å². The van der Waals surface area contributed by atoms with Crippen LogP contribution >= 0.6 is 23.2 Å². The fraction of sp³-hybridized carbons (Fsp3) is 0. The van der Waals surface area contributed by atoms with Crippen LogP contribution in [-0.2, 0) is 19.7 Å². The number of imide groups is 2. The molecule has 0 aromatic heterocycles. The second-order valence-corrected chi connectivity index (χ2v) is 9.39. The molecule has 0 saturated carbocycles. The Kier molecular flexibility index (Phi) is 6.43. The number of rotatable bonds is 5. The van der Waals surface area contributed by atoms with Crippen LogP contribution in [0.15, 0.2) is 83.3 Å². The van der Waals surface area contributed by atoms with Crippen molar-refractivity contribution in [3.05, 3.63) is 94.0 Å². The van der Waals surface area contributed by atoms with E-state index >= 15 is 0 Å². The van der Waals surface area contributed by atoms with E-state index in [2.05, 4.69) is 5.32 Å². The lowest BCUT2D eigenvalue weighted by molar-refractivity contribution is -0.122. The first-order valence-corrected chi connectivity index (χ1v) is 11.8. The zero-order valence-electron chi connectivity index (χ0n) is 17.1. The van der Waals surface area contributed by atoms with Crippen molar-refractivity contribution in [1.82, 2.24) is 5.32 Å². The molecule has 3 aromatic carbocycles. The van der Waals surface area contributed by atoms with Gasteiger partial charge in [-0.2, -0.15) is 8.42 Å². The van der Waals surface area contributed by atoms with E-state index < -0.39 is 33.5 Å². The van der Waals surface area contributed by atoms with Crippen LogP contribution in [0.5, 0.6) is 5.75 Å². The van der Waals surface area contributed by atoms with Gasteiger partial charge in [0.1, 0.15) is 16.2 Å². The predicted molar refractivity (Wildman–Crippen MR) is 126 cm³/mol. The fourth-order valence-electron chi connectivity index (χ4n) is 3.10. The van der Waals surface area contributed by atoms with Crippen molar-refractivity contribution in [1.29, 1.82) is 0 Å². The molecule has 4 amide bonds. The first-order chi connectivity index (χ1) is 16.2. The number of amides is 4. The number of carbonyl (C=O) groups excluding carboxylic acids is 3. The SMILES string of the molecule is O=C1NC(=O)N(c2ccccc2)C(=O)/C1=C/c1cc(Cl)ccc1OS(=O)(=O)c1ccc(Cl)cc1. The highest BCUT2D eigenvalue weighted by Gasteiger charge is 2.37. The molecule has 1 aliphatic heterocycles. The molecule has 172 valence electrons. The number of nitrogens with one attached hydrogen (secondary N) is 1. The van der Waals surface area contributed by atoms with Crippen molar-refractivity contribution in [2.45, 2.75) is 4.90 Å². The summed E-state index contributed by atoms with van der Waals surface area (Å²) in [5, 5.41) is 2.64. The van der Waals surface area contributed by atoms with E-state index in [1.54, 1.807) is 18.2 Å². The van der Waals surface area contributed by atoms with Crippen LogP contribution in [0.1, 0.15) is 5.56 Å². The fourth-order valence-corrected chi connectivity index (χ4v) is 4.36. The van der Waals surface area contributed by atoms with Gasteiger partial charge in [0, 0.05) is 15.6 Å². The average Bonchev–Trinajstić information content (AvgIpc) is 2.79. The largest absolute Gasteiger partial charge is 0.378 e. The molecule has 1 heterocycles. The molecule has 11 heteroatoms. The summed E-state index contributed by atoms with van der Waals surface area (Å²) >= 11 is 11.9. The number of hydrogen-bond acceptors (Lipinski definition) is 6. The molecule has 1 aliphatic rings. The number of nitrogens with zero attached hydrogens (tertiary/aromatic N) is 1. The summed E-state index contributed by atoms with van der Waals surface area (Å²) < 4.78 is 30.7. The molecule has 0 aliphatic carbocycles. The van der Waals surface area contributed by atoms with Gasteiger partial charge in [0.05, 0.1) is 5.69 Å². The van der Waals surface area contributed by atoms with Crippen molar-refractivity contribution in [2.24, 2.45) is 0 Å². The third-order valence-electron chi connectivity index (χ3n) is 4.69. The van der Waals surface area contributed by atoms with E-state index in [1.807, 2.05) is 0 Å². The van der Waals surface area contributed by atoms with E-state index in [-0.39, 0.29) is 26.9 Å². The van der Waals surface area contributed by atoms with Crippen molar-refractivity contribution < 1.29 is 27.0 Å². The molecule has 0 radical (unpaired) electrons. The van der Waals surface area contributed by atoms with Crippen molar-refractivity contribution in [3.8, 4) is 5.75 Å². The van der Waals surface area contributed by atoms with Crippen molar-refractivity contribution in [2.75, 3.05) is 4.90 Å². The molecule has 34 heavy (non-hydrogen) atoms. The van der Waals surface area contributed by atoms with Gasteiger partial charge in [-0.15, -0.1) is 0 Å². The van der Waals surface area contributed by atoms with Gasteiger partial charge < -0.3 is 4.18 Å². The number of urea groups is 1. The van der Waals surface area contributed by atoms with Gasteiger partial charge in [-0.3, -0.25) is 14.9 Å². The van der Waals surface area contributed by atoms with Crippen LogP contribution < -0.4 is 14.4 Å². The second kappa shape index (κ2) is 9.30. The highest BCUT2D eigenvalue weighted by Crippen LogP contribution is 2.30. The molecule has 1 saturated heterocycles. The molecular formula is C23H14Cl2N2O6S. The molecule has 0 spiro atoms. The molecule has 1 fully saturated rings. The molecule has 0 unspecified atom stereocenters. The molecule has 3 aromatic rings. The summed E-state index contributed by atoms with van der Waals surface area (Å²) in [6.45, 7) is 0. The smallest absolute Gasteiger partial charge is 0.339 e. The Balaban J connectivity index is 1.74. The van der Waals surface area contributed by atoms with Gasteiger partial charge in [-0.05, 0) is 60.7 Å². The summed E-state index contributed by atoms with van der Waals surface area (Å²) in [7, 11) is -4.28. The predicted octanol–water partition coefficient (Wildman–Crippen LogP) is 4.43. The molecule has 1 N–H and O–H groups in total. The number of hydrogen-bond donors (Lipinski definition) is 1. The standard InChI is InChI=1S/C23H14Cl2N2O6S/c24-15-6-9-18(10-7-15)34(31,32)33-20-11-8-16(25)12-14(20)13-19-21(28)26-23(30)27(22(19)29)17-4-2-1-3-5-17/h1-13H,(H,26,28,30)/b19-13+. The summed E-state index contributed by atoms with van der Waals surface area (Å²) in [5.74, 6) is -2.03. The molecular weight excluding hydrogens is 503 g/mol. The molecule has 0 bridgehead atoms. The monoisotopic (exact) mass is 516 g/mol. The molecule has 0 atom stereocenters. The summed E-state index contributed by atoms with van der Waals surface area (Å²) in [6.07, 6.45) is 1.11. The minimum absolute atomic E-state index is 0.0332. The van der Waals surface area contributed by atoms with Crippen LogP contribution in [0, 0.1) is 0 Å². The van der Waals surface area contributed by atoms with Crippen LogP contribution in [0.4, 0.5) is 10.5 Å². The topological polar surface area (TPSA) is 110 Å². The van der Waals surface area contributed by atoms with Crippen LogP contribution in [0.25, 0.3) is 6.08 Å². The lowest BCUT2D eigenvalue weighted by Gasteiger charge is -2.26. The number of para-hydroxylation sites is 1. The zero-order chi connectivity index (χ0) is 24.5. The molecule has 4 rings (SSSR count). The molecule has 8 nitrogen and oxygen atoms in total. The van der Waals surface area contributed by atoms with Gasteiger partial charge in [0.15, 0.2) is 0 Å². The number of carbonyl (C=O) groups is 3. The Hall–Kier alpha value is -3.66.